The van der Waals surface area contributed by atoms with Gasteiger partial charge in [-0.25, -0.2) is 0 Å². The third-order valence-corrected chi connectivity index (χ3v) is 3.23. The maximum Gasteiger partial charge on any atom is 0.247 e. The van der Waals surface area contributed by atoms with E-state index in [0.29, 0.717) is 24.7 Å². The summed E-state index contributed by atoms with van der Waals surface area (Å²) in [6.07, 6.45) is 0.664. The molecule has 0 radical (unpaired) electrons. The second kappa shape index (κ2) is 6.76. The van der Waals surface area contributed by atoms with Gasteiger partial charge < -0.3 is 14.5 Å². The predicted octanol–water partition coefficient (Wildman–Crippen LogP) is 3.40. The van der Waals surface area contributed by atoms with Gasteiger partial charge in [-0.05, 0) is 24.3 Å². The van der Waals surface area contributed by atoms with E-state index in [1.807, 2.05) is 54.6 Å². The molecular formula is C17H17N3O2. The van der Waals surface area contributed by atoms with Gasteiger partial charge in [-0.2, -0.15) is 0 Å². The van der Waals surface area contributed by atoms with Crippen LogP contribution in [0.3, 0.4) is 0 Å². The van der Waals surface area contributed by atoms with Gasteiger partial charge in [0.25, 0.3) is 0 Å². The maximum absolute atomic E-state index is 5.67. The summed E-state index contributed by atoms with van der Waals surface area (Å²) in [5.74, 6) is 2.00. The summed E-state index contributed by atoms with van der Waals surface area (Å²) < 4.78 is 10.9. The molecule has 0 atom stereocenters. The maximum atomic E-state index is 5.67. The summed E-state index contributed by atoms with van der Waals surface area (Å²) in [5, 5.41) is 11.5. The Kier molecular flexibility index (Phi) is 4.34. The lowest BCUT2D eigenvalue weighted by Gasteiger charge is -2.06. The van der Waals surface area contributed by atoms with Crippen molar-refractivity contribution in [2.75, 3.05) is 19.0 Å². The van der Waals surface area contributed by atoms with Gasteiger partial charge in [-0.3, -0.25) is 0 Å². The van der Waals surface area contributed by atoms with Crippen LogP contribution in [0.15, 0.2) is 59.0 Å². The molecule has 112 valence electrons. The Hall–Kier alpha value is -2.82. The van der Waals surface area contributed by atoms with Gasteiger partial charge in [-0.15, -0.1) is 10.2 Å². The van der Waals surface area contributed by atoms with Crippen molar-refractivity contribution >= 4 is 5.69 Å². The lowest BCUT2D eigenvalue weighted by atomic mass is 10.2. The number of ether oxygens (including phenoxy) is 1. The molecule has 0 aliphatic rings. The molecule has 0 unspecified atom stereocenters. The zero-order chi connectivity index (χ0) is 15.2. The number of nitrogens with one attached hydrogen (secondary N) is 1. The molecule has 0 saturated heterocycles. The normalized spacial score (nSPS) is 10.4. The van der Waals surface area contributed by atoms with E-state index in [-0.39, 0.29) is 0 Å². The van der Waals surface area contributed by atoms with Gasteiger partial charge in [0.2, 0.25) is 11.8 Å². The Morgan fingerprint density at radius 1 is 1.05 bits per heavy atom. The second-order valence-electron chi connectivity index (χ2n) is 4.78. The van der Waals surface area contributed by atoms with Crippen LogP contribution in [-0.2, 0) is 6.42 Å². The molecule has 0 fully saturated rings. The first-order valence-electron chi connectivity index (χ1n) is 7.11. The van der Waals surface area contributed by atoms with Crippen molar-refractivity contribution in [3.05, 3.63) is 60.5 Å². The van der Waals surface area contributed by atoms with Gasteiger partial charge in [0, 0.05) is 30.3 Å². The third-order valence-electron chi connectivity index (χ3n) is 3.23. The smallest absolute Gasteiger partial charge is 0.247 e. The van der Waals surface area contributed by atoms with Crippen LogP contribution in [-0.4, -0.2) is 23.9 Å². The third kappa shape index (κ3) is 3.44. The number of hydrogen-bond donors (Lipinski definition) is 1. The zero-order valence-corrected chi connectivity index (χ0v) is 12.3. The summed E-state index contributed by atoms with van der Waals surface area (Å²) in [6.45, 7) is 0.712. The highest BCUT2D eigenvalue weighted by Crippen LogP contribution is 2.18. The van der Waals surface area contributed by atoms with Gasteiger partial charge in [0.1, 0.15) is 5.75 Å². The number of nitrogens with zero attached hydrogens (tertiary/aromatic N) is 2. The molecule has 5 heteroatoms. The molecule has 2 aromatic carbocycles. The van der Waals surface area contributed by atoms with Crippen LogP contribution in [0.5, 0.6) is 5.75 Å². The molecule has 3 rings (SSSR count). The van der Waals surface area contributed by atoms with Crippen molar-refractivity contribution in [2.24, 2.45) is 0 Å². The summed E-state index contributed by atoms with van der Waals surface area (Å²) in [7, 11) is 1.66. The van der Waals surface area contributed by atoms with Crippen molar-refractivity contribution in [1.29, 1.82) is 0 Å². The van der Waals surface area contributed by atoms with E-state index in [1.165, 1.54) is 0 Å². The van der Waals surface area contributed by atoms with E-state index in [2.05, 4.69) is 15.5 Å². The topological polar surface area (TPSA) is 60.2 Å². The van der Waals surface area contributed by atoms with E-state index >= 15 is 0 Å². The van der Waals surface area contributed by atoms with Crippen molar-refractivity contribution in [2.45, 2.75) is 6.42 Å². The highest BCUT2D eigenvalue weighted by Gasteiger charge is 2.07. The Morgan fingerprint density at radius 3 is 2.73 bits per heavy atom. The van der Waals surface area contributed by atoms with Crippen molar-refractivity contribution < 1.29 is 9.15 Å². The largest absolute Gasteiger partial charge is 0.497 e. The summed E-state index contributed by atoms with van der Waals surface area (Å²) >= 11 is 0. The average molecular weight is 295 g/mol. The van der Waals surface area contributed by atoms with Crippen LogP contribution < -0.4 is 10.1 Å². The molecule has 22 heavy (non-hydrogen) atoms. The second-order valence-corrected chi connectivity index (χ2v) is 4.78. The van der Waals surface area contributed by atoms with E-state index in [4.69, 9.17) is 9.15 Å². The molecule has 1 heterocycles. The van der Waals surface area contributed by atoms with E-state index in [1.54, 1.807) is 7.11 Å². The first kappa shape index (κ1) is 14.1. The van der Waals surface area contributed by atoms with Crippen LogP contribution >= 0.6 is 0 Å². The molecule has 0 spiro atoms. The van der Waals surface area contributed by atoms with Crippen LogP contribution in [0, 0.1) is 0 Å². The van der Waals surface area contributed by atoms with Crippen molar-refractivity contribution in [3.63, 3.8) is 0 Å². The van der Waals surface area contributed by atoms with Crippen molar-refractivity contribution in [3.8, 4) is 17.2 Å². The quantitative estimate of drug-likeness (QED) is 0.755. The van der Waals surface area contributed by atoms with Gasteiger partial charge in [0.15, 0.2) is 0 Å². The molecule has 0 aliphatic carbocycles. The Balaban J connectivity index is 1.57. The lowest BCUT2D eigenvalue weighted by Crippen LogP contribution is -2.05. The fourth-order valence-electron chi connectivity index (χ4n) is 2.10. The van der Waals surface area contributed by atoms with Crippen molar-refractivity contribution in [1.82, 2.24) is 10.2 Å². The summed E-state index contributed by atoms with van der Waals surface area (Å²) in [4.78, 5) is 0. The molecule has 1 N–H and O–H groups in total. The number of benzene rings is 2. The molecule has 1 aromatic heterocycles. The molecule has 5 nitrogen and oxygen atoms in total. The monoisotopic (exact) mass is 295 g/mol. The molecule has 0 aliphatic heterocycles. The standard InChI is InChI=1S/C17H17N3O2/c1-21-15-9-5-8-14(12-15)18-11-10-16-19-20-17(22-16)13-6-3-2-4-7-13/h2-9,12,18H,10-11H2,1H3. The van der Waals surface area contributed by atoms with Crippen LogP contribution in [0.1, 0.15) is 5.89 Å². The minimum Gasteiger partial charge on any atom is -0.497 e. The first-order valence-corrected chi connectivity index (χ1v) is 7.11. The van der Waals surface area contributed by atoms with E-state index in [0.717, 1.165) is 17.0 Å². The minimum absolute atomic E-state index is 0.553. The number of methoxy groups -OCH3 is 1. The zero-order valence-electron chi connectivity index (χ0n) is 12.3. The Bertz CT molecular complexity index is 726. The Labute approximate surface area is 129 Å². The fraction of sp³-hybridized carbons (Fsp3) is 0.176. The van der Waals surface area contributed by atoms with Crippen LogP contribution in [0.4, 0.5) is 5.69 Å². The van der Waals surface area contributed by atoms with E-state index < -0.39 is 0 Å². The van der Waals surface area contributed by atoms with Gasteiger partial charge in [-0.1, -0.05) is 24.3 Å². The molecular weight excluding hydrogens is 278 g/mol. The molecule has 0 saturated carbocycles. The highest BCUT2D eigenvalue weighted by molar-refractivity contribution is 5.51. The molecule has 3 aromatic rings. The number of anilines is 1. The number of rotatable bonds is 6. The van der Waals surface area contributed by atoms with E-state index in [9.17, 15) is 0 Å². The number of hydrogen-bond acceptors (Lipinski definition) is 5. The highest BCUT2D eigenvalue weighted by atomic mass is 16.5. The number of aromatic nitrogens is 2. The fourth-order valence-corrected chi connectivity index (χ4v) is 2.10. The minimum atomic E-state index is 0.553. The predicted molar refractivity (Wildman–Crippen MR) is 84.9 cm³/mol. The molecule has 0 amide bonds. The average Bonchev–Trinajstić information content (AvgIpc) is 3.05. The van der Waals surface area contributed by atoms with Gasteiger partial charge in [0.05, 0.1) is 7.11 Å². The Morgan fingerprint density at radius 2 is 1.91 bits per heavy atom. The SMILES string of the molecule is COc1cccc(NCCc2nnc(-c3ccccc3)o2)c1. The van der Waals surface area contributed by atoms with Crippen LogP contribution in [0.2, 0.25) is 0 Å². The van der Waals surface area contributed by atoms with Crippen LogP contribution in [0.25, 0.3) is 11.5 Å². The first-order chi connectivity index (χ1) is 10.8. The summed E-state index contributed by atoms with van der Waals surface area (Å²) in [6, 6.07) is 17.6. The van der Waals surface area contributed by atoms with Gasteiger partial charge >= 0.3 is 0 Å². The summed E-state index contributed by atoms with van der Waals surface area (Å²) in [5.41, 5.74) is 1.93. The molecule has 0 bridgehead atoms. The lowest BCUT2D eigenvalue weighted by molar-refractivity contribution is 0.415.